The van der Waals surface area contributed by atoms with Crippen LogP contribution in [0, 0.1) is 17.3 Å². The fourth-order valence-electron chi connectivity index (χ4n) is 3.29. The molecule has 0 saturated heterocycles. The molecule has 1 fully saturated rings. The second kappa shape index (κ2) is 5.34. The molecule has 0 aromatic heterocycles. The summed E-state index contributed by atoms with van der Waals surface area (Å²) in [4.78, 5) is 0. The van der Waals surface area contributed by atoms with Crippen molar-refractivity contribution in [2.24, 2.45) is 23.0 Å². The van der Waals surface area contributed by atoms with Gasteiger partial charge in [-0.25, -0.2) is 0 Å². The van der Waals surface area contributed by atoms with E-state index in [1.54, 1.807) is 0 Å². The van der Waals surface area contributed by atoms with Crippen molar-refractivity contribution >= 4 is 0 Å². The van der Waals surface area contributed by atoms with Crippen LogP contribution in [-0.2, 0) is 0 Å². The monoisotopic (exact) mass is 211 g/mol. The predicted octanol–water partition coefficient (Wildman–Crippen LogP) is 3.97. The molecule has 1 saturated carbocycles. The summed E-state index contributed by atoms with van der Waals surface area (Å²) in [5, 5.41) is 0. The molecular weight excluding hydrogens is 182 g/mol. The van der Waals surface area contributed by atoms with E-state index >= 15 is 0 Å². The Balaban J connectivity index is 2.65. The van der Waals surface area contributed by atoms with E-state index in [4.69, 9.17) is 5.73 Å². The molecule has 1 heteroatoms. The van der Waals surface area contributed by atoms with E-state index in [0.29, 0.717) is 11.5 Å². The minimum Gasteiger partial charge on any atom is -0.327 e. The van der Waals surface area contributed by atoms with Crippen LogP contribution in [0.25, 0.3) is 0 Å². The Labute approximate surface area is 95.8 Å². The maximum Gasteiger partial charge on any atom is 0.00699 e. The average molecular weight is 211 g/mol. The van der Waals surface area contributed by atoms with Crippen LogP contribution >= 0.6 is 0 Å². The highest BCUT2D eigenvalue weighted by Crippen LogP contribution is 2.43. The van der Waals surface area contributed by atoms with E-state index in [1.165, 1.54) is 38.5 Å². The molecule has 0 heterocycles. The highest BCUT2D eigenvalue weighted by atomic mass is 14.7. The van der Waals surface area contributed by atoms with Gasteiger partial charge in [0.25, 0.3) is 0 Å². The summed E-state index contributed by atoms with van der Waals surface area (Å²) in [6, 6.07) is 0.444. The zero-order valence-electron chi connectivity index (χ0n) is 11.1. The second-order valence-electron chi connectivity index (χ2n) is 6.37. The summed E-state index contributed by atoms with van der Waals surface area (Å²) < 4.78 is 0. The fraction of sp³-hybridized carbons (Fsp3) is 1.00. The van der Waals surface area contributed by atoms with Crippen LogP contribution in [0.4, 0.5) is 0 Å². The zero-order valence-corrected chi connectivity index (χ0v) is 11.1. The molecule has 3 atom stereocenters. The van der Waals surface area contributed by atoms with Gasteiger partial charge in [0.15, 0.2) is 0 Å². The summed E-state index contributed by atoms with van der Waals surface area (Å²) >= 11 is 0. The van der Waals surface area contributed by atoms with E-state index in [0.717, 1.165) is 11.8 Å². The first-order valence-corrected chi connectivity index (χ1v) is 6.72. The molecule has 1 rings (SSSR count). The lowest BCUT2D eigenvalue weighted by molar-refractivity contribution is 0.0871. The molecule has 0 amide bonds. The average Bonchev–Trinajstić information content (AvgIpc) is 2.17. The van der Waals surface area contributed by atoms with Gasteiger partial charge in [-0.2, -0.15) is 0 Å². The maximum atomic E-state index is 6.35. The van der Waals surface area contributed by atoms with Crippen molar-refractivity contribution in [2.75, 3.05) is 0 Å². The zero-order chi connectivity index (χ0) is 11.5. The van der Waals surface area contributed by atoms with Gasteiger partial charge in [0.1, 0.15) is 0 Å². The van der Waals surface area contributed by atoms with E-state index in [9.17, 15) is 0 Å². The summed E-state index contributed by atoms with van der Waals surface area (Å²) in [7, 11) is 0. The van der Waals surface area contributed by atoms with E-state index in [-0.39, 0.29) is 0 Å². The quantitative estimate of drug-likeness (QED) is 0.751. The van der Waals surface area contributed by atoms with Gasteiger partial charge in [-0.05, 0) is 36.5 Å². The SMILES string of the molecule is CCCC(N)C1CCCCC1C(C)(C)C. The molecule has 0 aromatic rings. The number of nitrogens with two attached hydrogens (primary N) is 1. The second-order valence-corrected chi connectivity index (χ2v) is 6.37. The highest BCUT2D eigenvalue weighted by molar-refractivity contribution is 4.88. The van der Waals surface area contributed by atoms with Crippen molar-refractivity contribution in [2.45, 2.75) is 72.3 Å². The lowest BCUT2D eigenvalue weighted by Crippen LogP contribution is -2.42. The molecule has 90 valence electrons. The Morgan fingerprint density at radius 1 is 1.20 bits per heavy atom. The predicted molar refractivity (Wildman–Crippen MR) is 67.8 cm³/mol. The van der Waals surface area contributed by atoms with Crippen LogP contribution < -0.4 is 5.73 Å². The van der Waals surface area contributed by atoms with Gasteiger partial charge in [0.05, 0.1) is 0 Å². The van der Waals surface area contributed by atoms with Crippen LogP contribution in [0.1, 0.15) is 66.2 Å². The summed E-state index contributed by atoms with van der Waals surface area (Å²) in [6.07, 6.45) is 8.01. The Hall–Kier alpha value is -0.0400. The smallest absolute Gasteiger partial charge is 0.00699 e. The molecule has 15 heavy (non-hydrogen) atoms. The minimum absolute atomic E-state index is 0.441. The van der Waals surface area contributed by atoms with Gasteiger partial charge in [0.2, 0.25) is 0 Å². The van der Waals surface area contributed by atoms with Gasteiger partial charge in [-0.15, -0.1) is 0 Å². The first-order chi connectivity index (χ1) is 6.96. The molecule has 3 unspecified atom stereocenters. The molecular formula is C14H29N. The largest absolute Gasteiger partial charge is 0.327 e. The first-order valence-electron chi connectivity index (χ1n) is 6.72. The first kappa shape index (κ1) is 13.0. The molecule has 0 aliphatic heterocycles. The van der Waals surface area contributed by atoms with Crippen molar-refractivity contribution in [3.05, 3.63) is 0 Å². The van der Waals surface area contributed by atoms with Crippen LogP contribution in [0.2, 0.25) is 0 Å². The molecule has 0 bridgehead atoms. The Kier molecular flexibility index (Phi) is 4.64. The van der Waals surface area contributed by atoms with Gasteiger partial charge in [-0.3, -0.25) is 0 Å². The standard InChI is InChI=1S/C14H29N/c1-5-8-13(15)11-9-6-7-10-12(11)14(2,3)4/h11-13H,5-10,15H2,1-4H3. The van der Waals surface area contributed by atoms with E-state index in [2.05, 4.69) is 27.7 Å². The normalized spacial score (nSPS) is 30.2. The minimum atomic E-state index is 0.441. The molecule has 0 aromatic carbocycles. The summed E-state index contributed by atoms with van der Waals surface area (Å²) in [6.45, 7) is 9.40. The lowest BCUT2D eigenvalue weighted by Gasteiger charge is -2.43. The molecule has 1 aliphatic rings. The van der Waals surface area contributed by atoms with Crippen LogP contribution in [0.3, 0.4) is 0 Å². The highest BCUT2D eigenvalue weighted by Gasteiger charge is 2.36. The maximum absolute atomic E-state index is 6.35. The topological polar surface area (TPSA) is 26.0 Å². The third-order valence-corrected chi connectivity index (χ3v) is 4.10. The van der Waals surface area contributed by atoms with Crippen LogP contribution in [0.15, 0.2) is 0 Å². The number of hydrogen-bond acceptors (Lipinski definition) is 1. The molecule has 0 spiro atoms. The molecule has 1 nitrogen and oxygen atoms in total. The van der Waals surface area contributed by atoms with E-state index in [1.807, 2.05) is 0 Å². The Morgan fingerprint density at radius 3 is 2.33 bits per heavy atom. The third kappa shape index (κ3) is 3.48. The van der Waals surface area contributed by atoms with Gasteiger partial charge < -0.3 is 5.73 Å². The Morgan fingerprint density at radius 2 is 1.80 bits per heavy atom. The number of hydrogen-bond donors (Lipinski definition) is 1. The molecule has 0 radical (unpaired) electrons. The van der Waals surface area contributed by atoms with Crippen molar-refractivity contribution in [1.29, 1.82) is 0 Å². The molecule has 2 N–H and O–H groups in total. The van der Waals surface area contributed by atoms with Crippen molar-refractivity contribution in [3.63, 3.8) is 0 Å². The van der Waals surface area contributed by atoms with Crippen molar-refractivity contribution in [1.82, 2.24) is 0 Å². The third-order valence-electron chi connectivity index (χ3n) is 4.10. The summed E-state index contributed by atoms with van der Waals surface area (Å²) in [5.41, 5.74) is 6.79. The van der Waals surface area contributed by atoms with Crippen molar-refractivity contribution in [3.8, 4) is 0 Å². The Bertz CT molecular complexity index is 180. The van der Waals surface area contributed by atoms with Crippen LogP contribution in [0.5, 0.6) is 0 Å². The fourth-order valence-corrected chi connectivity index (χ4v) is 3.29. The van der Waals surface area contributed by atoms with Gasteiger partial charge in [-0.1, -0.05) is 47.0 Å². The van der Waals surface area contributed by atoms with E-state index < -0.39 is 0 Å². The van der Waals surface area contributed by atoms with Crippen LogP contribution in [-0.4, -0.2) is 6.04 Å². The van der Waals surface area contributed by atoms with Crippen molar-refractivity contribution < 1.29 is 0 Å². The van der Waals surface area contributed by atoms with Gasteiger partial charge in [0, 0.05) is 6.04 Å². The van der Waals surface area contributed by atoms with Gasteiger partial charge >= 0.3 is 0 Å². The summed E-state index contributed by atoms with van der Waals surface area (Å²) in [5.74, 6) is 1.62. The molecule has 1 aliphatic carbocycles. The lowest BCUT2D eigenvalue weighted by atomic mass is 9.64. The number of rotatable bonds is 3.